The maximum atomic E-state index is 13.8. The smallest absolute Gasteiger partial charge is 0.326 e. The second-order valence-electron chi connectivity index (χ2n) is 7.59. The van der Waals surface area contributed by atoms with Gasteiger partial charge in [0.15, 0.2) is 5.54 Å². The van der Waals surface area contributed by atoms with Crippen LogP contribution in [0.3, 0.4) is 0 Å². The van der Waals surface area contributed by atoms with E-state index in [0.29, 0.717) is 28.3 Å². The molecule has 0 saturated carbocycles. The van der Waals surface area contributed by atoms with E-state index in [4.69, 9.17) is 9.47 Å². The number of hydrogen-bond donors (Lipinski definition) is 2. The summed E-state index contributed by atoms with van der Waals surface area (Å²) in [6.45, 7) is -0.439. The molecule has 0 spiro atoms. The zero-order valence-electron chi connectivity index (χ0n) is 18.5. The largest absolute Gasteiger partial charge is 0.497 e. The lowest BCUT2D eigenvalue weighted by molar-refractivity contribution is -0.133. The van der Waals surface area contributed by atoms with Crippen LogP contribution in [0.25, 0.3) is 0 Å². The van der Waals surface area contributed by atoms with E-state index in [1.807, 2.05) is 6.07 Å². The van der Waals surface area contributed by atoms with E-state index in [-0.39, 0.29) is 0 Å². The van der Waals surface area contributed by atoms with Crippen LogP contribution in [0.5, 0.6) is 11.5 Å². The summed E-state index contributed by atoms with van der Waals surface area (Å²) in [7, 11) is 3.09. The Morgan fingerprint density at radius 3 is 2.00 bits per heavy atom. The van der Waals surface area contributed by atoms with Crippen molar-refractivity contribution < 1.29 is 23.9 Å². The molecule has 1 heterocycles. The van der Waals surface area contributed by atoms with E-state index in [1.54, 1.807) is 80.9 Å². The summed E-state index contributed by atoms with van der Waals surface area (Å²) >= 11 is 3.35. The number of nitrogens with one attached hydrogen (secondary N) is 2. The molecule has 3 aromatic carbocycles. The summed E-state index contributed by atoms with van der Waals surface area (Å²) in [5.74, 6) is 0.158. The molecular formula is C25H22BrN3O5. The summed E-state index contributed by atoms with van der Waals surface area (Å²) in [5.41, 5.74) is 0.104. The Hall–Kier alpha value is -3.85. The van der Waals surface area contributed by atoms with E-state index in [2.05, 4.69) is 26.6 Å². The SMILES string of the molecule is COc1ccc(C2(c3ccc(OC)cc3)NC(=O)N(CC(=O)Nc3cccc(Br)c3)C2=O)cc1. The molecular weight excluding hydrogens is 502 g/mol. The summed E-state index contributed by atoms with van der Waals surface area (Å²) in [4.78, 5) is 40.4. The minimum absolute atomic E-state index is 0.439. The predicted octanol–water partition coefficient (Wildman–Crippen LogP) is 3.90. The van der Waals surface area contributed by atoms with Gasteiger partial charge in [-0.25, -0.2) is 4.79 Å². The Morgan fingerprint density at radius 1 is 0.941 bits per heavy atom. The van der Waals surface area contributed by atoms with Crippen molar-refractivity contribution in [3.05, 3.63) is 88.4 Å². The molecule has 0 radical (unpaired) electrons. The molecule has 0 unspecified atom stereocenters. The monoisotopic (exact) mass is 523 g/mol. The van der Waals surface area contributed by atoms with Gasteiger partial charge in [0.25, 0.3) is 5.91 Å². The first-order valence-electron chi connectivity index (χ1n) is 10.4. The second-order valence-corrected chi connectivity index (χ2v) is 8.50. The van der Waals surface area contributed by atoms with Gasteiger partial charge < -0.3 is 20.1 Å². The topological polar surface area (TPSA) is 97.0 Å². The number of halogens is 1. The molecule has 9 heteroatoms. The van der Waals surface area contributed by atoms with Gasteiger partial charge >= 0.3 is 6.03 Å². The molecule has 0 aliphatic carbocycles. The first-order chi connectivity index (χ1) is 16.4. The van der Waals surface area contributed by atoms with E-state index < -0.39 is 29.9 Å². The second kappa shape index (κ2) is 9.56. The van der Waals surface area contributed by atoms with Crippen LogP contribution in [0.15, 0.2) is 77.3 Å². The van der Waals surface area contributed by atoms with Crippen LogP contribution in [-0.4, -0.2) is 43.5 Å². The number of urea groups is 1. The number of methoxy groups -OCH3 is 2. The molecule has 0 bridgehead atoms. The Morgan fingerprint density at radius 2 is 1.50 bits per heavy atom. The van der Waals surface area contributed by atoms with Gasteiger partial charge in [-0.05, 0) is 53.6 Å². The summed E-state index contributed by atoms with van der Waals surface area (Å²) in [6, 6.07) is 20.1. The van der Waals surface area contributed by atoms with Gasteiger partial charge in [-0.15, -0.1) is 0 Å². The molecule has 8 nitrogen and oxygen atoms in total. The Labute approximate surface area is 205 Å². The van der Waals surface area contributed by atoms with Gasteiger partial charge in [0.1, 0.15) is 18.0 Å². The molecule has 3 aromatic rings. The van der Waals surface area contributed by atoms with Crippen molar-refractivity contribution in [2.45, 2.75) is 5.54 Å². The van der Waals surface area contributed by atoms with E-state index in [1.165, 1.54) is 0 Å². The van der Waals surface area contributed by atoms with Gasteiger partial charge in [-0.1, -0.05) is 46.3 Å². The maximum absolute atomic E-state index is 13.8. The third-order valence-corrected chi connectivity index (χ3v) is 6.05. The molecule has 4 amide bonds. The van der Waals surface area contributed by atoms with Gasteiger partial charge in [0.05, 0.1) is 14.2 Å². The molecule has 1 aliphatic rings. The molecule has 1 fully saturated rings. The van der Waals surface area contributed by atoms with Crippen molar-refractivity contribution in [1.82, 2.24) is 10.2 Å². The van der Waals surface area contributed by atoms with Crippen LogP contribution < -0.4 is 20.1 Å². The van der Waals surface area contributed by atoms with Crippen molar-refractivity contribution in [1.29, 1.82) is 0 Å². The maximum Gasteiger partial charge on any atom is 0.326 e. The van der Waals surface area contributed by atoms with Crippen molar-refractivity contribution in [3.63, 3.8) is 0 Å². The number of carbonyl (C=O) groups excluding carboxylic acids is 3. The van der Waals surface area contributed by atoms with Crippen LogP contribution in [0.1, 0.15) is 11.1 Å². The number of carbonyl (C=O) groups is 3. The zero-order valence-corrected chi connectivity index (χ0v) is 20.1. The van der Waals surface area contributed by atoms with Crippen LogP contribution in [0, 0.1) is 0 Å². The predicted molar refractivity (Wildman–Crippen MR) is 130 cm³/mol. The van der Waals surface area contributed by atoms with Crippen molar-refractivity contribution in [3.8, 4) is 11.5 Å². The minimum atomic E-state index is -1.51. The molecule has 1 aliphatic heterocycles. The lowest BCUT2D eigenvalue weighted by Crippen LogP contribution is -2.45. The first-order valence-corrected chi connectivity index (χ1v) is 11.2. The van der Waals surface area contributed by atoms with Crippen molar-refractivity contribution in [2.24, 2.45) is 0 Å². The molecule has 0 aromatic heterocycles. The fraction of sp³-hybridized carbons (Fsp3) is 0.160. The summed E-state index contributed by atoms with van der Waals surface area (Å²) in [6.07, 6.45) is 0. The molecule has 1 saturated heterocycles. The number of rotatable bonds is 7. The lowest BCUT2D eigenvalue weighted by Gasteiger charge is -2.28. The number of benzene rings is 3. The van der Waals surface area contributed by atoms with E-state index in [0.717, 1.165) is 9.37 Å². The fourth-order valence-electron chi connectivity index (χ4n) is 3.87. The zero-order chi connectivity index (χ0) is 24.3. The quantitative estimate of drug-likeness (QED) is 0.457. The van der Waals surface area contributed by atoms with E-state index >= 15 is 0 Å². The highest BCUT2D eigenvalue weighted by Crippen LogP contribution is 2.37. The number of amides is 4. The fourth-order valence-corrected chi connectivity index (χ4v) is 4.27. The van der Waals surface area contributed by atoms with Gasteiger partial charge in [-0.2, -0.15) is 0 Å². The number of nitrogens with zero attached hydrogens (tertiary/aromatic N) is 1. The highest BCUT2D eigenvalue weighted by atomic mass is 79.9. The summed E-state index contributed by atoms with van der Waals surface area (Å²) in [5, 5.41) is 5.53. The van der Waals surface area contributed by atoms with E-state index in [9.17, 15) is 14.4 Å². The van der Waals surface area contributed by atoms with Gasteiger partial charge in [0.2, 0.25) is 5.91 Å². The average Bonchev–Trinajstić information content (AvgIpc) is 3.09. The first kappa shape index (κ1) is 23.3. The molecule has 174 valence electrons. The highest BCUT2D eigenvalue weighted by molar-refractivity contribution is 9.10. The molecule has 4 rings (SSSR count). The third-order valence-electron chi connectivity index (χ3n) is 5.56. The summed E-state index contributed by atoms with van der Waals surface area (Å²) < 4.78 is 11.3. The minimum Gasteiger partial charge on any atom is -0.497 e. The number of imide groups is 1. The van der Waals surface area contributed by atoms with Crippen molar-refractivity contribution in [2.75, 3.05) is 26.1 Å². The highest BCUT2D eigenvalue weighted by Gasteiger charge is 2.54. The Balaban J connectivity index is 1.68. The van der Waals surface area contributed by atoms with Gasteiger partial charge in [-0.3, -0.25) is 14.5 Å². The molecule has 34 heavy (non-hydrogen) atoms. The molecule has 0 atom stereocenters. The number of ether oxygens (including phenoxy) is 2. The standard InChI is InChI=1S/C25H22BrN3O5/c1-33-20-10-6-16(7-11-20)25(17-8-12-21(34-2)13-9-17)23(31)29(24(32)28-25)15-22(30)27-19-5-3-4-18(26)14-19/h3-14H,15H2,1-2H3,(H,27,30)(H,28,32). The molecule has 2 N–H and O–H groups in total. The van der Waals surface area contributed by atoms with Crippen LogP contribution in [-0.2, 0) is 15.1 Å². The average molecular weight is 524 g/mol. The van der Waals surface area contributed by atoms with Gasteiger partial charge in [0, 0.05) is 10.2 Å². The van der Waals surface area contributed by atoms with Crippen LogP contribution in [0.2, 0.25) is 0 Å². The van der Waals surface area contributed by atoms with Crippen molar-refractivity contribution >= 4 is 39.5 Å². The third kappa shape index (κ3) is 4.34. The Bertz CT molecular complexity index is 1180. The van der Waals surface area contributed by atoms with Crippen LogP contribution >= 0.6 is 15.9 Å². The Kier molecular flexibility index (Phi) is 6.56. The normalized spacial score (nSPS) is 14.5. The number of hydrogen-bond acceptors (Lipinski definition) is 5. The van der Waals surface area contributed by atoms with Crippen LogP contribution in [0.4, 0.5) is 10.5 Å². The number of anilines is 1. The lowest BCUT2D eigenvalue weighted by atomic mass is 9.82.